The van der Waals surface area contributed by atoms with Crippen molar-refractivity contribution in [1.82, 2.24) is 10.6 Å². The quantitative estimate of drug-likeness (QED) is 0.601. The van der Waals surface area contributed by atoms with Crippen LogP contribution in [0.3, 0.4) is 0 Å². The van der Waals surface area contributed by atoms with Gasteiger partial charge >= 0.3 is 0 Å². The van der Waals surface area contributed by atoms with Gasteiger partial charge in [-0.2, -0.15) is 0 Å². The molecule has 1 fully saturated rings. The third-order valence-electron chi connectivity index (χ3n) is 1.98. The monoisotopic (exact) mass is 172 g/mol. The Kier molecular flexibility index (Phi) is 4.04. The molecule has 0 aromatic carbocycles. The largest absolute Gasteiger partial charge is 0.376 e. The lowest BCUT2D eigenvalue weighted by atomic mass is 10.3. The lowest BCUT2D eigenvalue weighted by molar-refractivity contribution is -0.122. The zero-order chi connectivity index (χ0) is 8.81. The molecule has 0 radical (unpaired) electrons. The summed E-state index contributed by atoms with van der Waals surface area (Å²) in [5.41, 5.74) is 0. The van der Waals surface area contributed by atoms with Gasteiger partial charge in [0, 0.05) is 20.0 Å². The smallest absolute Gasteiger partial charge is 0.222 e. The highest BCUT2D eigenvalue weighted by Gasteiger charge is 2.14. The van der Waals surface area contributed by atoms with Gasteiger partial charge in [0.2, 0.25) is 5.91 Å². The molecule has 1 saturated heterocycles. The van der Waals surface area contributed by atoms with Gasteiger partial charge in [-0.3, -0.25) is 4.79 Å². The van der Waals surface area contributed by atoms with E-state index in [0.29, 0.717) is 19.1 Å². The summed E-state index contributed by atoms with van der Waals surface area (Å²) < 4.78 is 5.45. The molecule has 1 aliphatic heterocycles. The van der Waals surface area contributed by atoms with Crippen molar-refractivity contribution in [2.45, 2.75) is 18.9 Å². The lowest BCUT2D eigenvalue weighted by Gasteiger charge is -2.09. The van der Waals surface area contributed by atoms with Gasteiger partial charge in [0.15, 0.2) is 0 Å². The van der Waals surface area contributed by atoms with Gasteiger partial charge in [-0.15, -0.1) is 0 Å². The molecule has 0 aliphatic carbocycles. The van der Waals surface area contributed by atoms with E-state index >= 15 is 0 Å². The van der Waals surface area contributed by atoms with Crippen molar-refractivity contribution < 1.29 is 9.53 Å². The number of hydrogen-bond acceptors (Lipinski definition) is 3. The fourth-order valence-corrected chi connectivity index (χ4v) is 1.21. The third kappa shape index (κ3) is 3.19. The van der Waals surface area contributed by atoms with Crippen LogP contribution in [0, 0.1) is 0 Å². The van der Waals surface area contributed by atoms with Crippen molar-refractivity contribution >= 4 is 5.91 Å². The van der Waals surface area contributed by atoms with Gasteiger partial charge in [-0.05, 0) is 13.0 Å². The van der Waals surface area contributed by atoms with Crippen LogP contribution in [0.2, 0.25) is 0 Å². The van der Waals surface area contributed by atoms with E-state index in [2.05, 4.69) is 10.6 Å². The Hall–Kier alpha value is -0.610. The van der Waals surface area contributed by atoms with Crippen LogP contribution in [0.25, 0.3) is 0 Å². The Morgan fingerprint density at radius 1 is 1.75 bits per heavy atom. The van der Waals surface area contributed by atoms with Crippen molar-refractivity contribution in [2.75, 3.05) is 26.7 Å². The SMILES string of the molecule is CNC(=O)CCOC1CCNC1. The van der Waals surface area contributed by atoms with Gasteiger partial charge in [-0.25, -0.2) is 0 Å². The minimum Gasteiger partial charge on any atom is -0.376 e. The minimum atomic E-state index is 0.0426. The van der Waals surface area contributed by atoms with Gasteiger partial charge < -0.3 is 15.4 Å². The number of rotatable bonds is 4. The standard InChI is InChI=1S/C8H16N2O2/c1-9-8(11)3-5-12-7-2-4-10-6-7/h7,10H,2-6H2,1H3,(H,9,11). The van der Waals surface area contributed by atoms with Gasteiger partial charge in [0.25, 0.3) is 0 Å². The molecule has 0 spiro atoms. The van der Waals surface area contributed by atoms with Crippen LogP contribution in [0.1, 0.15) is 12.8 Å². The van der Waals surface area contributed by atoms with E-state index in [-0.39, 0.29) is 5.91 Å². The predicted octanol–water partition coefficient (Wildman–Crippen LogP) is -0.499. The second kappa shape index (κ2) is 5.11. The molecule has 1 amide bonds. The number of hydrogen-bond donors (Lipinski definition) is 2. The predicted molar refractivity (Wildman–Crippen MR) is 45.9 cm³/mol. The maximum Gasteiger partial charge on any atom is 0.222 e. The number of nitrogens with one attached hydrogen (secondary N) is 2. The van der Waals surface area contributed by atoms with E-state index in [9.17, 15) is 4.79 Å². The van der Waals surface area contributed by atoms with E-state index in [0.717, 1.165) is 19.5 Å². The summed E-state index contributed by atoms with van der Waals surface area (Å²) in [6, 6.07) is 0. The number of ether oxygens (including phenoxy) is 1. The Bertz CT molecular complexity index is 144. The maximum absolute atomic E-state index is 10.8. The molecule has 2 N–H and O–H groups in total. The van der Waals surface area contributed by atoms with Crippen LogP contribution in [0.4, 0.5) is 0 Å². The maximum atomic E-state index is 10.8. The first-order chi connectivity index (χ1) is 5.83. The molecule has 1 atom stereocenters. The molecule has 70 valence electrons. The number of carbonyl (C=O) groups is 1. The van der Waals surface area contributed by atoms with Crippen LogP contribution in [0.5, 0.6) is 0 Å². The molecule has 1 unspecified atom stereocenters. The molecule has 1 rings (SSSR count). The molecular formula is C8H16N2O2. The molecular weight excluding hydrogens is 156 g/mol. The highest BCUT2D eigenvalue weighted by Crippen LogP contribution is 2.02. The molecule has 0 aromatic heterocycles. The third-order valence-corrected chi connectivity index (χ3v) is 1.98. The number of carbonyl (C=O) groups excluding carboxylic acids is 1. The first kappa shape index (κ1) is 9.48. The summed E-state index contributed by atoms with van der Waals surface area (Å²) in [6.07, 6.45) is 1.84. The molecule has 0 saturated carbocycles. The molecule has 0 aromatic rings. The van der Waals surface area contributed by atoms with Crippen molar-refractivity contribution in [1.29, 1.82) is 0 Å². The molecule has 4 nitrogen and oxygen atoms in total. The second-order valence-electron chi connectivity index (χ2n) is 2.91. The summed E-state index contributed by atoms with van der Waals surface area (Å²) in [5, 5.41) is 5.75. The minimum absolute atomic E-state index is 0.0426. The van der Waals surface area contributed by atoms with E-state index in [1.807, 2.05) is 0 Å². The zero-order valence-electron chi connectivity index (χ0n) is 7.43. The molecule has 1 aliphatic rings. The molecule has 0 bridgehead atoms. The zero-order valence-corrected chi connectivity index (χ0v) is 7.43. The van der Waals surface area contributed by atoms with Gasteiger partial charge in [-0.1, -0.05) is 0 Å². The van der Waals surface area contributed by atoms with Crippen LogP contribution < -0.4 is 10.6 Å². The molecule has 1 heterocycles. The van der Waals surface area contributed by atoms with Crippen molar-refractivity contribution in [3.8, 4) is 0 Å². The summed E-state index contributed by atoms with van der Waals surface area (Å²) in [6.45, 7) is 2.49. The summed E-state index contributed by atoms with van der Waals surface area (Å²) in [4.78, 5) is 10.8. The summed E-state index contributed by atoms with van der Waals surface area (Å²) >= 11 is 0. The summed E-state index contributed by atoms with van der Waals surface area (Å²) in [7, 11) is 1.64. The Labute approximate surface area is 72.7 Å². The number of amides is 1. The van der Waals surface area contributed by atoms with Crippen LogP contribution in [0.15, 0.2) is 0 Å². The van der Waals surface area contributed by atoms with E-state index in [4.69, 9.17) is 4.74 Å². The van der Waals surface area contributed by atoms with E-state index in [1.54, 1.807) is 7.05 Å². The fraction of sp³-hybridized carbons (Fsp3) is 0.875. The molecule has 4 heteroatoms. The Morgan fingerprint density at radius 3 is 3.17 bits per heavy atom. The first-order valence-electron chi connectivity index (χ1n) is 4.36. The lowest BCUT2D eigenvalue weighted by Crippen LogP contribution is -2.22. The normalized spacial score (nSPS) is 22.6. The second-order valence-corrected chi connectivity index (χ2v) is 2.91. The fourth-order valence-electron chi connectivity index (χ4n) is 1.21. The van der Waals surface area contributed by atoms with Crippen molar-refractivity contribution in [3.05, 3.63) is 0 Å². The van der Waals surface area contributed by atoms with Crippen molar-refractivity contribution in [3.63, 3.8) is 0 Å². The summed E-state index contributed by atoms with van der Waals surface area (Å²) in [5.74, 6) is 0.0426. The molecule has 12 heavy (non-hydrogen) atoms. The average Bonchev–Trinajstić information content (AvgIpc) is 2.57. The Balaban J connectivity index is 1.97. The Morgan fingerprint density at radius 2 is 2.58 bits per heavy atom. The highest BCUT2D eigenvalue weighted by molar-refractivity contribution is 5.75. The topological polar surface area (TPSA) is 50.4 Å². The van der Waals surface area contributed by atoms with E-state index in [1.165, 1.54) is 0 Å². The van der Waals surface area contributed by atoms with Gasteiger partial charge in [0.05, 0.1) is 12.7 Å². The highest BCUT2D eigenvalue weighted by atomic mass is 16.5. The van der Waals surface area contributed by atoms with E-state index < -0.39 is 0 Å². The van der Waals surface area contributed by atoms with Crippen molar-refractivity contribution in [2.24, 2.45) is 0 Å². The first-order valence-corrected chi connectivity index (χ1v) is 4.36. The average molecular weight is 172 g/mol. The van der Waals surface area contributed by atoms with Gasteiger partial charge in [0.1, 0.15) is 0 Å². The van der Waals surface area contributed by atoms with Crippen LogP contribution in [-0.2, 0) is 9.53 Å². The van der Waals surface area contributed by atoms with Crippen LogP contribution in [-0.4, -0.2) is 38.8 Å². The van der Waals surface area contributed by atoms with Crippen LogP contribution >= 0.6 is 0 Å².